The van der Waals surface area contributed by atoms with Gasteiger partial charge < -0.3 is 14.0 Å². The Morgan fingerprint density at radius 3 is 2.48 bits per heavy atom. The molecular formula is C17H21BN2O5. The van der Waals surface area contributed by atoms with Crippen molar-refractivity contribution < 1.29 is 18.8 Å². The molecule has 0 aromatic carbocycles. The maximum absolute atomic E-state index is 12.6. The van der Waals surface area contributed by atoms with Crippen LogP contribution in [-0.4, -0.2) is 40.3 Å². The number of aromatic nitrogens is 2. The second-order valence-electron chi connectivity index (χ2n) is 6.98. The number of fused-ring (bicyclic) bond motifs is 1. The van der Waals surface area contributed by atoms with E-state index in [1.807, 2.05) is 27.7 Å². The van der Waals surface area contributed by atoms with E-state index in [1.165, 1.54) is 10.6 Å². The number of rotatable bonds is 3. The van der Waals surface area contributed by atoms with Gasteiger partial charge in [-0.1, -0.05) is 6.07 Å². The van der Waals surface area contributed by atoms with Crippen LogP contribution in [0.15, 0.2) is 29.3 Å². The molecule has 2 aromatic rings. The van der Waals surface area contributed by atoms with E-state index >= 15 is 0 Å². The van der Waals surface area contributed by atoms with Gasteiger partial charge in [-0.3, -0.25) is 9.20 Å². The highest BCUT2D eigenvalue weighted by atomic mass is 16.7. The Bertz CT molecular complexity index is 874. The van der Waals surface area contributed by atoms with Gasteiger partial charge in [0, 0.05) is 12.4 Å². The van der Waals surface area contributed by atoms with E-state index < -0.39 is 29.8 Å². The van der Waals surface area contributed by atoms with Gasteiger partial charge in [-0.05, 0) is 46.1 Å². The zero-order valence-corrected chi connectivity index (χ0v) is 15.0. The van der Waals surface area contributed by atoms with E-state index in [1.54, 1.807) is 25.3 Å². The Hall–Kier alpha value is -2.19. The van der Waals surface area contributed by atoms with Crippen LogP contribution in [0.4, 0.5) is 0 Å². The Kier molecular flexibility index (Phi) is 4.21. The van der Waals surface area contributed by atoms with Gasteiger partial charge in [-0.25, -0.2) is 9.78 Å². The number of hydrogen-bond donors (Lipinski definition) is 0. The number of esters is 1. The minimum absolute atomic E-state index is 0.106. The van der Waals surface area contributed by atoms with Crippen molar-refractivity contribution in [1.82, 2.24) is 9.38 Å². The first-order chi connectivity index (χ1) is 11.7. The second kappa shape index (κ2) is 5.96. The summed E-state index contributed by atoms with van der Waals surface area (Å²) < 4.78 is 18.2. The molecule has 132 valence electrons. The summed E-state index contributed by atoms with van der Waals surface area (Å²) in [7, 11) is -0.604. The summed E-state index contributed by atoms with van der Waals surface area (Å²) in [4.78, 5) is 28.7. The average molecular weight is 344 g/mol. The van der Waals surface area contributed by atoms with Crippen LogP contribution >= 0.6 is 0 Å². The highest BCUT2D eigenvalue weighted by molar-refractivity contribution is 6.62. The van der Waals surface area contributed by atoms with Crippen molar-refractivity contribution in [3.8, 4) is 0 Å². The molecule has 0 radical (unpaired) electrons. The Balaban J connectivity index is 2.04. The molecule has 0 bridgehead atoms. The SMILES string of the molecule is CCOC(=O)c1cnc2ccc(B3OC(C)(C)C(C)(C)O3)cn2c1=O. The largest absolute Gasteiger partial charge is 0.496 e. The third kappa shape index (κ3) is 2.96. The van der Waals surface area contributed by atoms with Crippen LogP contribution in [0.3, 0.4) is 0 Å². The molecule has 1 aliphatic heterocycles. The average Bonchev–Trinajstić information content (AvgIpc) is 2.76. The van der Waals surface area contributed by atoms with Gasteiger partial charge in [0.05, 0.1) is 17.8 Å². The molecule has 3 heterocycles. The molecule has 8 heteroatoms. The first kappa shape index (κ1) is 17.6. The maximum Gasteiger partial charge on any atom is 0.496 e. The molecule has 25 heavy (non-hydrogen) atoms. The van der Waals surface area contributed by atoms with E-state index in [0.29, 0.717) is 11.1 Å². The normalized spacial score (nSPS) is 18.5. The first-order valence-corrected chi connectivity index (χ1v) is 8.20. The summed E-state index contributed by atoms with van der Waals surface area (Å²) >= 11 is 0. The van der Waals surface area contributed by atoms with Crippen LogP contribution in [0.2, 0.25) is 0 Å². The van der Waals surface area contributed by atoms with Gasteiger partial charge >= 0.3 is 13.1 Å². The topological polar surface area (TPSA) is 79.1 Å². The zero-order chi connectivity index (χ0) is 18.4. The fraction of sp³-hybridized carbons (Fsp3) is 0.471. The van der Waals surface area contributed by atoms with Gasteiger partial charge in [-0.15, -0.1) is 0 Å². The van der Waals surface area contributed by atoms with Crippen molar-refractivity contribution in [3.05, 3.63) is 40.4 Å². The monoisotopic (exact) mass is 344 g/mol. The lowest BCUT2D eigenvalue weighted by Crippen LogP contribution is -2.41. The third-order valence-corrected chi connectivity index (χ3v) is 4.75. The summed E-state index contributed by atoms with van der Waals surface area (Å²) in [6.45, 7) is 9.71. The minimum atomic E-state index is -0.685. The molecule has 0 unspecified atom stereocenters. The fourth-order valence-corrected chi connectivity index (χ4v) is 2.56. The van der Waals surface area contributed by atoms with Crippen LogP contribution in [0, 0.1) is 0 Å². The molecule has 0 saturated carbocycles. The Morgan fingerprint density at radius 2 is 1.88 bits per heavy atom. The molecule has 0 atom stereocenters. The number of nitrogens with zero attached hydrogens (tertiary/aromatic N) is 2. The minimum Gasteiger partial charge on any atom is -0.462 e. The van der Waals surface area contributed by atoms with Crippen LogP contribution < -0.4 is 11.0 Å². The lowest BCUT2D eigenvalue weighted by molar-refractivity contribution is 0.00578. The van der Waals surface area contributed by atoms with Crippen molar-refractivity contribution >= 4 is 24.2 Å². The summed E-state index contributed by atoms with van der Waals surface area (Å²) in [5.74, 6) is -0.685. The van der Waals surface area contributed by atoms with E-state index in [9.17, 15) is 9.59 Å². The lowest BCUT2D eigenvalue weighted by atomic mass is 9.80. The van der Waals surface area contributed by atoms with Gasteiger partial charge in [0.25, 0.3) is 5.56 Å². The molecule has 0 spiro atoms. The van der Waals surface area contributed by atoms with E-state index in [4.69, 9.17) is 14.0 Å². The van der Waals surface area contributed by atoms with Crippen molar-refractivity contribution in [3.63, 3.8) is 0 Å². The smallest absolute Gasteiger partial charge is 0.462 e. The Labute approximate surface area is 146 Å². The number of carbonyl (C=O) groups excluding carboxylic acids is 1. The van der Waals surface area contributed by atoms with Crippen molar-refractivity contribution in [2.45, 2.75) is 45.8 Å². The molecule has 7 nitrogen and oxygen atoms in total. The first-order valence-electron chi connectivity index (χ1n) is 8.20. The van der Waals surface area contributed by atoms with E-state index in [2.05, 4.69) is 4.98 Å². The molecule has 1 saturated heterocycles. The van der Waals surface area contributed by atoms with Gasteiger partial charge in [-0.2, -0.15) is 0 Å². The van der Waals surface area contributed by atoms with Crippen LogP contribution in [0.5, 0.6) is 0 Å². The summed E-state index contributed by atoms with van der Waals surface area (Å²) in [5.41, 5.74) is -0.452. The van der Waals surface area contributed by atoms with Gasteiger partial charge in [0.2, 0.25) is 0 Å². The molecule has 0 N–H and O–H groups in total. The Morgan fingerprint density at radius 1 is 1.24 bits per heavy atom. The third-order valence-electron chi connectivity index (χ3n) is 4.75. The van der Waals surface area contributed by atoms with Crippen molar-refractivity contribution in [1.29, 1.82) is 0 Å². The summed E-state index contributed by atoms with van der Waals surface area (Å²) in [5, 5.41) is 0. The molecule has 1 fully saturated rings. The molecule has 0 amide bonds. The summed E-state index contributed by atoms with van der Waals surface area (Å²) in [6.07, 6.45) is 2.83. The molecule has 3 rings (SSSR count). The molecule has 1 aliphatic rings. The number of carbonyl (C=O) groups is 1. The number of hydrogen-bond acceptors (Lipinski definition) is 6. The number of ether oxygens (including phenoxy) is 1. The maximum atomic E-state index is 12.6. The lowest BCUT2D eigenvalue weighted by Gasteiger charge is -2.32. The van der Waals surface area contributed by atoms with Crippen molar-refractivity contribution in [2.75, 3.05) is 6.61 Å². The second-order valence-corrected chi connectivity index (χ2v) is 6.98. The van der Waals surface area contributed by atoms with Crippen LogP contribution in [0.1, 0.15) is 45.0 Å². The van der Waals surface area contributed by atoms with E-state index in [0.717, 1.165) is 0 Å². The van der Waals surface area contributed by atoms with Crippen LogP contribution in [0.25, 0.3) is 5.65 Å². The van der Waals surface area contributed by atoms with E-state index in [-0.39, 0.29) is 12.2 Å². The quantitative estimate of drug-likeness (QED) is 0.614. The number of pyridine rings is 1. The molecule has 2 aromatic heterocycles. The predicted molar refractivity (Wildman–Crippen MR) is 93.1 cm³/mol. The van der Waals surface area contributed by atoms with Gasteiger partial charge in [0.15, 0.2) is 0 Å². The highest BCUT2D eigenvalue weighted by Gasteiger charge is 2.51. The highest BCUT2D eigenvalue weighted by Crippen LogP contribution is 2.36. The standard InChI is InChI=1S/C17H21BN2O5/c1-6-23-15(22)12-9-19-13-8-7-11(10-20(13)14(12)21)18-24-16(2,3)17(4,5)25-18/h7-10H,6H2,1-5H3. The van der Waals surface area contributed by atoms with Crippen LogP contribution in [-0.2, 0) is 14.0 Å². The van der Waals surface area contributed by atoms with Gasteiger partial charge in [0.1, 0.15) is 11.2 Å². The zero-order valence-electron chi connectivity index (χ0n) is 15.0. The van der Waals surface area contributed by atoms with Crippen molar-refractivity contribution in [2.24, 2.45) is 0 Å². The summed E-state index contributed by atoms with van der Waals surface area (Å²) in [6, 6.07) is 3.49. The molecule has 0 aliphatic carbocycles. The molecular weight excluding hydrogens is 323 g/mol. The predicted octanol–water partition coefficient (Wildman–Crippen LogP) is 1.17. The fourth-order valence-electron chi connectivity index (χ4n) is 2.56.